The molecule has 2 aromatic carbocycles. The highest BCUT2D eigenvalue weighted by Crippen LogP contribution is 2.12. The summed E-state index contributed by atoms with van der Waals surface area (Å²) in [6.45, 7) is 10.7. The molecule has 2 nitrogen and oxygen atoms in total. The number of hydrogen-bond donors (Lipinski definition) is 1. The van der Waals surface area contributed by atoms with Crippen molar-refractivity contribution >= 4 is 0 Å². The van der Waals surface area contributed by atoms with E-state index in [0.717, 1.165) is 13.1 Å². The van der Waals surface area contributed by atoms with Gasteiger partial charge in [0.2, 0.25) is 0 Å². The maximum Gasteiger partial charge on any atom is 0.132 e. The first-order chi connectivity index (χ1) is 13.8. The molecule has 3 rings (SSSR count). The summed E-state index contributed by atoms with van der Waals surface area (Å²) in [6.07, 6.45) is 2.10. The number of nitrogens with zero attached hydrogens (tertiary/aromatic N) is 1. The molecule has 2 atom stereocenters. The van der Waals surface area contributed by atoms with E-state index in [-0.39, 0.29) is 11.6 Å². The normalized spacial score (nSPS) is 13.6. The maximum absolute atomic E-state index is 14.3. The second-order valence-corrected chi connectivity index (χ2v) is 8.40. The van der Waals surface area contributed by atoms with Gasteiger partial charge in [-0.1, -0.05) is 43.7 Å². The Bertz CT molecular complexity index is 946. The fraction of sp³-hybridized carbons (Fsp3) is 0.360. The molecular weight excluding hydrogens is 366 g/mol. The van der Waals surface area contributed by atoms with Gasteiger partial charge in [-0.3, -0.25) is 0 Å². The van der Waals surface area contributed by atoms with Crippen LogP contribution >= 0.6 is 0 Å². The van der Waals surface area contributed by atoms with E-state index in [2.05, 4.69) is 74.9 Å². The van der Waals surface area contributed by atoms with Gasteiger partial charge in [-0.25, -0.2) is 8.78 Å². The summed E-state index contributed by atoms with van der Waals surface area (Å²) < 4.78 is 30.2. The molecule has 0 saturated heterocycles. The van der Waals surface area contributed by atoms with Gasteiger partial charge in [0.15, 0.2) is 0 Å². The fourth-order valence-electron chi connectivity index (χ4n) is 3.78. The van der Waals surface area contributed by atoms with Gasteiger partial charge in [0.25, 0.3) is 0 Å². The van der Waals surface area contributed by atoms with Gasteiger partial charge < -0.3 is 9.47 Å². The third-order valence-electron chi connectivity index (χ3n) is 5.84. The summed E-state index contributed by atoms with van der Waals surface area (Å²) in [7, 11) is 0. The third kappa shape index (κ3) is 5.54. The average molecular weight is 398 g/mol. The van der Waals surface area contributed by atoms with E-state index in [9.17, 15) is 8.78 Å². The van der Waals surface area contributed by atoms with Gasteiger partial charge in [0.1, 0.15) is 24.7 Å². The second kappa shape index (κ2) is 9.36. The molecule has 1 heterocycles. The molecule has 4 heteroatoms. The van der Waals surface area contributed by atoms with Crippen molar-refractivity contribution in [2.24, 2.45) is 5.92 Å². The van der Waals surface area contributed by atoms with E-state index in [1.807, 2.05) is 0 Å². The molecule has 0 bridgehead atoms. The quantitative estimate of drug-likeness (QED) is 0.562. The van der Waals surface area contributed by atoms with E-state index < -0.39 is 0 Å². The van der Waals surface area contributed by atoms with Crippen molar-refractivity contribution in [3.8, 4) is 0 Å². The minimum absolute atomic E-state index is 0.306. The number of hydrogen-bond acceptors (Lipinski definition) is 0. The maximum atomic E-state index is 14.3. The van der Waals surface area contributed by atoms with Gasteiger partial charge in [-0.15, -0.1) is 0 Å². The lowest BCUT2D eigenvalue weighted by Gasteiger charge is -2.29. The number of quaternary nitrogens is 1. The predicted molar refractivity (Wildman–Crippen MR) is 114 cm³/mol. The Balaban J connectivity index is 1.83. The molecular formula is C25H31F2N2+. The minimum Gasteiger partial charge on any atom is -0.342 e. The van der Waals surface area contributed by atoms with Gasteiger partial charge >= 0.3 is 0 Å². The smallest absolute Gasteiger partial charge is 0.132 e. The van der Waals surface area contributed by atoms with Crippen LogP contribution in [0.4, 0.5) is 8.78 Å². The van der Waals surface area contributed by atoms with Crippen molar-refractivity contribution < 1.29 is 13.7 Å². The van der Waals surface area contributed by atoms with Crippen LogP contribution in [0.15, 0.2) is 60.8 Å². The molecule has 1 unspecified atom stereocenters. The molecule has 0 amide bonds. The van der Waals surface area contributed by atoms with Gasteiger partial charge in [0, 0.05) is 24.2 Å². The van der Waals surface area contributed by atoms with Crippen molar-refractivity contribution in [1.82, 2.24) is 4.57 Å². The van der Waals surface area contributed by atoms with Crippen molar-refractivity contribution in [1.29, 1.82) is 0 Å². The van der Waals surface area contributed by atoms with Gasteiger partial charge in [0.05, 0.1) is 11.7 Å². The summed E-state index contributed by atoms with van der Waals surface area (Å²) >= 11 is 0. The van der Waals surface area contributed by atoms with Gasteiger partial charge in [-0.2, -0.15) is 0 Å². The Morgan fingerprint density at radius 1 is 0.931 bits per heavy atom. The summed E-state index contributed by atoms with van der Waals surface area (Å²) in [4.78, 5) is 1.23. The van der Waals surface area contributed by atoms with Crippen molar-refractivity contribution in [3.63, 3.8) is 0 Å². The van der Waals surface area contributed by atoms with E-state index >= 15 is 0 Å². The number of benzene rings is 2. The lowest BCUT2D eigenvalue weighted by atomic mass is 10.0. The monoisotopic (exact) mass is 397 g/mol. The number of aryl methyl sites for hydroxylation is 1. The number of halogens is 2. The van der Waals surface area contributed by atoms with E-state index in [0.29, 0.717) is 24.1 Å². The topological polar surface area (TPSA) is 9.37 Å². The Morgan fingerprint density at radius 2 is 1.72 bits per heavy atom. The zero-order chi connectivity index (χ0) is 21.0. The van der Waals surface area contributed by atoms with Gasteiger partial charge in [-0.05, 0) is 49.7 Å². The lowest BCUT2D eigenvalue weighted by Crippen LogP contribution is -3.13. The SMILES string of the molecule is Cc1cccc(Cn2cccc2C[NH+](Cc2cc(F)ccc2F)[C@H](C)C(C)C)c1. The Labute approximate surface area is 172 Å². The zero-order valence-corrected chi connectivity index (χ0v) is 17.8. The van der Waals surface area contributed by atoms with Crippen LogP contribution in [0.25, 0.3) is 0 Å². The van der Waals surface area contributed by atoms with Crippen LogP contribution < -0.4 is 4.90 Å². The Morgan fingerprint density at radius 3 is 2.45 bits per heavy atom. The first-order valence-electron chi connectivity index (χ1n) is 10.3. The van der Waals surface area contributed by atoms with E-state index in [4.69, 9.17) is 0 Å². The van der Waals surface area contributed by atoms with Crippen molar-refractivity contribution in [3.05, 3.63) is 94.8 Å². The van der Waals surface area contributed by atoms with E-state index in [1.54, 1.807) is 0 Å². The predicted octanol–water partition coefficient (Wildman–Crippen LogP) is 4.75. The van der Waals surface area contributed by atoms with Crippen LogP contribution in [-0.4, -0.2) is 10.6 Å². The zero-order valence-electron chi connectivity index (χ0n) is 17.8. The molecule has 1 N–H and O–H groups in total. The molecule has 0 radical (unpaired) electrons. The molecule has 0 aliphatic rings. The van der Waals surface area contributed by atoms with E-state index in [1.165, 1.54) is 39.9 Å². The molecule has 0 aliphatic heterocycles. The summed E-state index contributed by atoms with van der Waals surface area (Å²) in [5, 5.41) is 0. The first kappa shape index (κ1) is 21.3. The summed E-state index contributed by atoms with van der Waals surface area (Å²) in [5.41, 5.74) is 4.14. The third-order valence-corrected chi connectivity index (χ3v) is 5.84. The highest BCUT2D eigenvalue weighted by atomic mass is 19.1. The number of rotatable bonds is 8. The lowest BCUT2D eigenvalue weighted by molar-refractivity contribution is -0.954. The first-order valence-corrected chi connectivity index (χ1v) is 10.3. The molecule has 0 saturated carbocycles. The molecule has 0 fully saturated rings. The second-order valence-electron chi connectivity index (χ2n) is 8.40. The minimum atomic E-state index is -0.388. The molecule has 3 aromatic rings. The molecule has 0 spiro atoms. The van der Waals surface area contributed by atoms with Crippen LogP contribution in [0.2, 0.25) is 0 Å². The highest BCUT2D eigenvalue weighted by Gasteiger charge is 2.24. The largest absolute Gasteiger partial charge is 0.342 e. The molecule has 1 aromatic heterocycles. The average Bonchev–Trinajstić information content (AvgIpc) is 3.10. The summed E-state index contributed by atoms with van der Waals surface area (Å²) in [6, 6.07) is 16.8. The number of aromatic nitrogens is 1. The fourth-order valence-corrected chi connectivity index (χ4v) is 3.78. The van der Waals surface area contributed by atoms with Crippen LogP contribution in [0.1, 0.15) is 43.2 Å². The number of nitrogens with one attached hydrogen (secondary N) is 1. The Kier molecular flexibility index (Phi) is 6.86. The molecule has 0 aliphatic carbocycles. The highest BCUT2D eigenvalue weighted by molar-refractivity contribution is 5.23. The molecule has 154 valence electrons. The standard InChI is InChI=1S/C25H30F2N2/c1-18(2)20(4)29(16-22-14-23(26)10-11-25(22)27)17-24-9-6-12-28(24)15-21-8-5-7-19(3)13-21/h5-14,18,20H,15-17H2,1-4H3/p+1/t20-/m1/s1. The summed E-state index contributed by atoms with van der Waals surface area (Å²) in [5.74, 6) is -0.294. The Hall–Kier alpha value is -2.46. The van der Waals surface area contributed by atoms with Crippen LogP contribution in [0.3, 0.4) is 0 Å². The molecule has 29 heavy (non-hydrogen) atoms. The van der Waals surface area contributed by atoms with Crippen LogP contribution in [0.5, 0.6) is 0 Å². The van der Waals surface area contributed by atoms with Crippen LogP contribution in [0, 0.1) is 24.5 Å². The van der Waals surface area contributed by atoms with Crippen molar-refractivity contribution in [2.45, 2.75) is 53.4 Å². The van der Waals surface area contributed by atoms with Crippen molar-refractivity contribution in [2.75, 3.05) is 0 Å². The van der Waals surface area contributed by atoms with Crippen LogP contribution in [-0.2, 0) is 19.6 Å².